The van der Waals surface area contributed by atoms with Crippen molar-refractivity contribution >= 4 is 5.91 Å². The minimum Gasteiger partial charge on any atom is -0.368 e. The third-order valence-electron chi connectivity index (χ3n) is 2.23. The van der Waals surface area contributed by atoms with E-state index in [9.17, 15) is 4.79 Å². The summed E-state index contributed by atoms with van der Waals surface area (Å²) in [7, 11) is 0. The van der Waals surface area contributed by atoms with Crippen LogP contribution in [0.2, 0.25) is 0 Å². The number of piperazine rings is 1. The molecule has 0 aromatic rings. The van der Waals surface area contributed by atoms with Crippen molar-refractivity contribution < 1.29 is 4.79 Å². The molecule has 0 aliphatic carbocycles. The smallest absolute Gasteiger partial charge is 0.235 e. The highest BCUT2D eigenvalue weighted by Crippen LogP contribution is 2.03. The standard InChI is InChI=1S/C9H19N3O/c1-7(2)5-12-4-3-11-8(6-12)9(10)13/h7-8,11H,3-6H2,1-2H3,(H2,10,13). The minimum absolute atomic E-state index is 0.160. The van der Waals surface area contributed by atoms with Gasteiger partial charge < -0.3 is 11.1 Å². The summed E-state index contributed by atoms with van der Waals surface area (Å²) in [6, 6.07) is -0.160. The Kier molecular flexibility index (Phi) is 3.69. The Bertz CT molecular complexity index is 182. The summed E-state index contributed by atoms with van der Waals surface area (Å²) in [6.45, 7) is 8.05. The van der Waals surface area contributed by atoms with Crippen molar-refractivity contribution in [1.29, 1.82) is 0 Å². The predicted molar refractivity (Wildman–Crippen MR) is 52.3 cm³/mol. The maximum Gasteiger partial charge on any atom is 0.235 e. The normalized spacial score (nSPS) is 25.0. The minimum atomic E-state index is -0.242. The lowest BCUT2D eigenvalue weighted by Gasteiger charge is -2.33. The zero-order chi connectivity index (χ0) is 9.84. The van der Waals surface area contributed by atoms with Crippen LogP contribution in [0.5, 0.6) is 0 Å². The van der Waals surface area contributed by atoms with E-state index in [4.69, 9.17) is 5.73 Å². The lowest BCUT2D eigenvalue weighted by Crippen LogP contribution is -2.56. The van der Waals surface area contributed by atoms with Crippen LogP contribution in [0.15, 0.2) is 0 Å². The second kappa shape index (κ2) is 4.58. The van der Waals surface area contributed by atoms with Crippen molar-refractivity contribution in [2.45, 2.75) is 19.9 Å². The van der Waals surface area contributed by atoms with Crippen molar-refractivity contribution in [2.75, 3.05) is 26.2 Å². The molecule has 1 heterocycles. The van der Waals surface area contributed by atoms with Crippen LogP contribution >= 0.6 is 0 Å². The molecule has 1 amide bonds. The summed E-state index contributed by atoms with van der Waals surface area (Å²) in [4.78, 5) is 13.2. The van der Waals surface area contributed by atoms with E-state index < -0.39 is 0 Å². The molecule has 1 saturated heterocycles. The molecule has 1 fully saturated rings. The fourth-order valence-electron chi connectivity index (χ4n) is 1.68. The predicted octanol–water partition coefficient (Wildman–Crippen LogP) is -0.598. The molecule has 1 aliphatic heterocycles. The number of hydrogen-bond acceptors (Lipinski definition) is 3. The Balaban J connectivity index is 2.37. The fourth-order valence-corrected chi connectivity index (χ4v) is 1.68. The Morgan fingerprint density at radius 1 is 1.69 bits per heavy atom. The quantitative estimate of drug-likeness (QED) is 0.617. The van der Waals surface area contributed by atoms with Gasteiger partial charge >= 0.3 is 0 Å². The van der Waals surface area contributed by atoms with Gasteiger partial charge in [0.25, 0.3) is 0 Å². The number of nitrogens with one attached hydrogen (secondary N) is 1. The van der Waals surface area contributed by atoms with Crippen molar-refractivity contribution in [1.82, 2.24) is 10.2 Å². The molecule has 1 aliphatic rings. The molecule has 0 saturated carbocycles. The van der Waals surface area contributed by atoms with E-state index in [0.29, 0.717) is 5.92 Å². The maximum atomic E-state index is 10.9. The second-order valence-corrected chi connectivity index (χ2v) is 4.06. The summed E-state index contributed by atoms with van der Waals surface area (Å²) in [5.74, 6) is 0.403. The molecule has 13 heavy (non-hydrogen) atoms. The number of carbonyl (C=O) groups is 1. The van der Waals surface area contributed by atoms with E-state index in [1.807, 2.05) is 0 Å². The van der Waals surface area contributed by atoms with Gasteiger partial charge in [-0.3, -0.25) is 9.69 Å². The van der Waals surface area contributed by atoms with Gasteiger partial charge in [-0.1, -0.05) is 13.8 Å². The van der Waals surface area contributed by atoms with Gasteiger partial charge in [0.1, 0.15) is 0 Å². The molecule has 76 valence electrons. The van der Waals surface area contributed by atoms with Crippen LogP contribution in [0.25, 0.3) is 0 Å². The fraction of sp³-hybridized carbons (Fsp3) is 0.889. The van der Waals surface area contributed by atoms with Crippen LogP contribution in [0, 0.1) is 5.92 Å². The third kappa shape index (κ3) is 3.32. The van der Waals surface area contributed by atoms with Gasteiger partial charge in [-0.2, -0.15) is 0 Å². The Labute approximate surface area is 79.5 Å². The molecule has 0 aromatic carbocycles. The molecule has 3 N–H and O–H groups in total. The van der Waals surface area contributed by atoms with Crippen molar-refractivity contribution in [3.63, 3.8) is 0 Å². The highest BCUT2D eigenvalue weighted by molar-refractivity contribution is 5.80. The average Bonchev–Trinajstić information content (AvgIpc) is 2.03. The van der Waals surface area contributed by atoms with E-state index in [1.54, 1.807) is 0 Å². The molecule has 1 atom stereocenters. The first-order valence-electron chi connectivity index (χ1n) is 4.84. The van der Waals surface area contributed by atoms with Gasteiger partial charge in [-0.25, -0.2) is 0 Å². The van der Waals surface area contributed by atoms with Gasteiger partial charge in [0.15, 0.2) is 0 Å². The summed E-state index contributed by atoms with van der Waals surface area (Å²) < 4.78 is 0. The summed E-state index contributed by atoms with van der Waals surface area (Å²) in [5.41, 5.74) is 5.23. The molecule has 1 unspecified atom stereocenters. The molecule has 4 heteroatoms. The number of rotatable bonds is 3. The van der Waals surface area contributed by atoms with E-state index in [-0.39, 0.29) is 11.9 Å². The third-order valence-corrected chi connectivity index (χ3v) is 2.23. The van der Waals surface area contributed by atoms with Gasteiger partial charge in [0, 0.05) is 26.2 Å². The van der Waals surface area contributed by atoms with Crippen LogP contribution in [-0.4, -0.2) is 43.0 Å². The Hall–Kier alpha value is -0.610. The number of primary amides is 1. The Morgan fingerprint density at radius 2 is 2.38 bits per heavy atom. The Morgan fingerprint density at radius 3 is 2.92 bits per heavy atom. The molecule has 1 rings (SSSR count). The SMILES string of the molecule is CC(C)CN1CCNC(C(N)=O)C1. The zero-order valence-electron chi connectivity index (χ0n) is 8.42. The highest BCUT2D eigenvalue weighted by Gasteiger charge is 2.23. The van der Waals surface area contributed by atoms with Crippen molar-refractivity contribution in [3.8, 4) is 0 Å². The van der Waals surface area contributed by atoms with Gasteiger partial charge in [0.2, 0.25) is 5.91 Å². The van der Waals surface area contributed by atoms with Crippen molar-refractivity contribution in [2.24, 2.45) is 11.7 Å². The number of carbonyl (C=O) groups excluding carboxylic acids is 1. The monoisotopic (exact) mass is 185 g/mol. The largest absolute Gasteiger partial charge is 0.368 e. The molecule has 4 nitrogen and oxygen atoms in total. The number of hydrogen-bond donors (Lipinski definition) is 2. The second-order valence-electron chi connectivity index (χ2n) is 4.06. The molecule has 0 spiro atoms. The summed E-state index contributed by atoms with van der Waals surface area (Å²) in [5, 5.41) is 3.11. The van der Waals surface area contributed by atoms with Crippen LogP contribution in [0.1, 0.15) is 13.8 Å². The first-order chi connectivity index (χ1) is 6.09. The summed E-state index contributed by atoms with van der Waals surface area (Å²) in [6.07, 6.45) is 0. The number of nitrogens with zero attached hydrogens (tertiary/aromatic N) is 1. The van der Waals surface area contributed by atoms with E-state index >= 15 is 0 Å². The van der Waals surface area contributed by atoms with Gasteiger partial charge in [-0.05, 0) is 5.92 Å². The average molecular weight is 185 g/mol. The maximum absolute atomic E-state index is 10.9. The van der Waals surface area contributed by atoms with Crippen LogP contribution in [-0.2, 0) is 4.79 Å². The first kappa shape index (κ1) is 10.5. The highest BCUT2D eigenvalue weighted by atomic mass is 16.1. The van der Waals surface area contributed by atoms with Crippen LogP contribution < -0.4 is 11.1 Å². The van der Waals surface area contributed by atoms with E-state index in [2.05, 4.69) is 24.1 Å². The number of nitrogens with two attached hydrogens (primary N) is 1. The number of amides is 1. The lowest BCUT2D eigenvalue weighted by atomic mass is 10.1. The van der Waals surface area contributed by atoms with Gasteiger partial charge in [0.05, 0.1) is 6.04 Å². The zero-order valence-corrected chi connectivity index (χ0v) is 8.42. The van der Waals surface area contributed by atoms with Crippen LogP contribution in [0.3, 0.4) is 0 Å². The lowest BCUT2D eigenvalue weighted by molar-refractivity contribution is -0.121. The molecular weight excluding hydrogens is 166 g/mol. The van der Waals surface area contributed by atoms with E-state index in [0.717, 1.165) is 26.2 Å². The van der Waals surface area contributed by atoms with Crippen molar-refractivity contribution in [3.05, 3.63) is 0 Å². The molecule has 0 bridgehead atoms. The molecule has 0 aromatic heterocycles. The summed E-state index contributed by atoms with van der Waals surface area (Å²) >= 11 is 0. The first-order valence-corrected chi connectivity index (χ1v) is 4.84. The van der Waals surface area contributed by atoms with E-state index in [1.165, 1.54) is 0 Å². The topological polar surface area (TPSA) is 58.4 Å². The van der Waals surface area contributed by atoms with Gasteiger partial charge in [-0.15, -0.1) is 0 Å². The van der Waals surface area contributed by atoms with Crippen LogP contribution in [0.4, 0.5) is 0 Å². The molecule has 0 radical (unpaired) electrons. The molecular formula is C9H19N3O.